The molecule has 6 rings (SSSR count). The van der Waals surface area contributed by atoms with Crippen molar-refractivity contribution in [3.8, 4) is 0 Å². The highest BCUT2D eigenvalue weighted by Crippen LogP contribution is 2.40. The van der Waals surface area contributed by atoms with Crippen LogP contribution >= 0.6 is 0 Å². The van der Waals surface area contributed by atoms with Gasteiger partial charge >= 0.3 is 5.96 Å². The molecule has 3 N–H and O–H groups in total. The Morgan fingerprint density at radius 3 is 2.74 bits per heavy atom. The number of hydrogen-bond donors (Lipinski definition) is 2. The molecule has 2 aromatic heterocycles. The third-order valence-electron chi connectivity index (χ3n) is 6.33. The fourth-order valence-corrected chi connectivity index (χ4v) is 4.50. The van der Waals surface area contributed by atoms with Gasteiger partial charge in [-0.05, 0) is 61.4 Å². The van der Waals surface area contributed by atoms with Crippen LogP contribution in [0.5, 0.6) is 0 Å². The molecule has 11 heteroatoms. The van der Waals surface area contributed by atoms with Crippen molar-refractivity contribution in [2.75, 3.05) is 6.67 Å². The standard InChI is InChI=1S/C24H21FN8O2/c1-13-7-16(8-17-9-28-30-21(13)17)20-22(15-3-5-18(25)6-4-15)29-24(26)33(34)12-32(31-23(20)33)10-19-14(2)35-11-27-19/h3-9,11H,10,12H2,1-2H3,(H2,26,29)(H,28,30). The minimum Gasteiger partial charge on any atom is -0.617 e. The van der Waals surface area contributed by atoms with E-state index in [0.29, 0.717) is 28.3 Å². The number of benzene rings is 2. The molecule has 0 saturated carbocycles. The smallest absolute Gasteiger partial charge is 0.308 e. The molecule has 2 aromatic carbocycles. The van der Waals surface area contributed by atoms with Crippen molar-refractivity contribution in [1.29, 1.82) is 0 Å². The van der Waals surface area contributed by atoms with Crippen molar-refractivity contribution < 1.29 is 13.5 Å². The number of rotatable bonds is 4. The minimum absolute atomic E-state index is 0.0654. The molecule has 0 aliphatic carbocycles. The first-order chi connectivity index (χ1) is 16.8. The maximum atomic E-state index is 14.1. The Labute approximate surface area is 199 Å². The molecule has 2 aliphatic heterocycles. The van der Waals surface area contributed by atoms with Gasteiger partial charge in [-0.25, -0.2) is 19.0 Å². The Bertz CT molecular complexity index is 1570. The summed E-state index contributed by atoms with van der Waals surface area (Å²) in [5, 5.41) is 28.4. The van der Waals surface area contributed by atoms with Crippen LogP contribution in [0.15, 0.2) is 63.5 Å². The summed E-state index contributed by atoms with van der Waals surface area (Å²) in [5.41, 5.74) is 11.1. The molecule has 1 unspecified atom stereocenters. The zero-order chi connectivity index (χ0) is 24.3. The Hall–Kier alpha value is -4.35. The number of nitrogens with one attached hydrogen (secondary N) is 1. The normalized spacial score (nSPS) is 19.8. The number of nitrogens with two attached hydrogens (primary N) is 1. The number of halogens is 1. The zero-order valence-electron chi connectivity index (χ0n) is 19.0. The van der Waals surface area contributed by atoms with Crippen molar-refractivity contribution in [1.82, 2.24) is 20.2 Å². The number of aromatic nitrogens is 3. The predicted molar refractivity (Wildman–Crippen MR) is 128 cm³/mol. The number of guanidine groups is 1. The van der Waals surface area contributed by atoms with E-state index in [1.807, 2.05) is 19.1 Å². The van der Waals surface area contributed by atoms with E-state index in [-0.39, 0.29) is 30.8 Å². The van der Waals surface area contributed by atoms with Crippen LogP contribution in [-0.2, 0) is 6.54 Å². The molecule has 0 radical (unpaired) electrons. The summed E-state index contributed by atoms with van der Waals surface area (Å²) < 4.78 is 18.0. The fourth-order valence-electron chi connectivity index (χ4n) is 4.50. The second kappa shape index (κ2) is 7.58. The summed E-state index contributed by atoms with van der Waals surface area (Å²) in [5.74, 6) is 0.339. The Morgan fingerprint density at radius 1 is 1.20 bits per heavy atom. The first-order valence-corrected chi connectivity index (χ1v) is 10.9. The minimum atomic E-state index is -1.03. The van der Waals surface area contributed by atoms with E-state index < -0.39 is 4.65 Å². The Morgan fingerprint density at radius 2 is 2.00 bits per heavy atom. The summed E-state index contributed by atoms with van der Waals surface area (Å²) in [7, 11) is 0. The van der Waals surface area contributed by atoms with E-state index in [9.17, 15) is 9.60 Å². The molecule has 0 saturated heterocycles. The molecule has 10 nitrogen and oxygen atoms in total. The lowest BCUT2D eigenvalue weighted by Gasteiger charge is -2.39. The van der Waals surface area contributed by atoms with Crippen molar-refractivity contribution in [3.05, 3.63) is 88.2 Å². The van der Waals surface area contributed by atoms with Gasteiger partial charge in [0.25, 0.3) is 5.84 Å². The second-order valence-electron chi connectivity index (χ2n) is 8.65. The summed E-state index contributed by atoms with van der Waals surface area (Å²) in [6, 6.07) is 9.80. The van der Waals surface area contributed by atoms with Crippen LogP contribution in [0.3, 0.4) is 0 Å². The first-order valence-electron chi connectivity index (χ1n) is 10.9. The van der Waals surface area contributed by atoms with Crippen LogP contribution < -0.4 is 5.73 Å². The van der Waals surface area contributed by atoms with Gasteiger partial charge in [0.05, 0.1) is 29.5 Å². The average Bonchev–Trinajstić information content (AvgIpc) is 3.54. The van der Waals surface area contributed by atoms with Crippen LogP contribution in [-0.4, -0.2) is 43.3 Å². The van der Waals surface area contributed by atoms with Gasteiger partial charge in [-0.3, -0.25) is 5.10 Å². The van der Waals surface area contributed by atoms with E-state index in [1.165, 1.54) is 18.5 Å². The number of quaternary nitrogens is 1. The number of H-pyrrole nitrogens is 1. The molecule has 4 aromatic rings. The Kier molecular flexibility index (Phi) is 4.59. The number of amidine groups is 1. The van der Waals surface area contributed by atoms with Gasteiger partial charge in [0, 0.05) is 10.9 Å². The molecule has 35 heavy (non-hydrogen) atoms. The molecule has 4 heterocycles. The lowest BCUT2D eigenvalue weighted by molar-refractivity contribution is -0.695. The molecule has 0 fully saturated rings. The van der Waals surface area contributed by atoms with Crippen molar-refractivity contribution >= 4 is 34.0 Å². The number of nitrogens with zero attached hydrogens (tertiary/aromatic N) is 6. The number of hydrogen-bond acceptors (Lipinski definition) is 8. The first kappa shape index (κ1) is 21.2. The number of oxazole rings is 1. The highest BCUT2D eigenvalue weighted by molar-refractivity contribution is 6.31. The maximum Gasteiger partial charge on any atom is 0.308 e. The molecule has 176 valence electrons. The average molecular weight is 472 g/mol. The van der Waals surface area contributed by atoms with Crippen LogP contribution in [0.1, 0.15) is 28.1 Å². The molecule has 1 atom stereocenters. The topological polar surface area (TPSA) is 132 Å². The molecular formula is C24H21FN8O2. The van der Waals surface area contributed by atoms with Gasteiger partial charge in [-0.1, -0.05) is 0 Å². The van der Waals surface area contributed by atoms with Gasteiger partial charge in [-0.2, -0.15) is 10.1 Å². The number of aliphatic imine (C=N–C) groups is 1. The highest BCUT2D eigenvalue weighted by atomic mass is 19.1. The Balaban J connectivity index is 1.57. The zero-order valence-corrected chi connectivity index (χ0v) is 19.0. The van der Waals surface area contributed by atoms with Crippen LogP contribution in [0.2, 0.25) is 0 Å². The number of aromatic amines is 1. The van der Waals surface area contributed by atoms with Crippen molar-refractivity contribution in [2.45, 2.75) is 20.4 Å². The largest absolute Gasteiger partial charge is 0.617 e. The highest BCUT2D eigenvalue weighted by Gasteiger charge is 2.46. The van der Waals surface area contributed by atoms with Crippen LogP contribution in [0, 0.1) is 24.9 Å². The van der Waals surface area contributed by atoms with Gasteiger partial charge in [0.15, 0.2) is 13.1 Å². The molecule has 0 spiro atoms. The third kappa shape index (κ3) is 3.32. The third-order valence-corrected chi connectivity index (χ3v) is 6.33. The lowest BCUT2D eigenvalue weighted by atomic mass is 9.94. The number of fused-ring (bicyclic) bond motifs is 2. The second-order valence-corrected chi connectivity index (χ2v) is 8.65. The van der Waals surface area contributed by atoms with Crippen LogP contribution in [0.25, 0.3) is 22.2 Å². The fraction of sp³-hybridized carbons (Fsp3) is 0.167. The summed E-state index contributed by atoms with van der Waals surface area (Å²) in [4.78, 5) is 8.77. The molecule has 2 aliphatic rings. The quantitative estimate of drug-likeness (QED) is 0.345. The van der Waals surface area contributed by atoms with E-state index in [2.05, 4.69) is 20.2 Å². The summed E-state index contributed by atoms with van der Waals surface area (Å²) in [6.45, 7) is 3.97. The summed E-state index contributed by atoms with van der Waals surface area (Å²) >= 11 is 0. The van der Waals surface area contributed by atoms with E-state index in [1.54, 1.807) is 30.3 Å². The number of hydroxylamine groups is 3. The number of hydrazone groups is 1. The van der Waals surface area contributed by atoms with E-state index >= 15 is 0 Å². The van der Waals surface area contributed by atoms with Gasteiger partial charge in [0.2, 0.25) is 0 Å². The SMILES string of the molecule is Cc1ocnc1CN1C[N+]2([O-])C(N)=NC(c3ccc(F)cc3)=C(c3cc(C)c4[nH]ncc4c3)C2=N1. The van der Waals surface area contributed by atoms with Gasteiger partial charge in [0.1, 0.15) is 17.3 Å². The number of aryl methyl sites for hydroxylation is 2. The summed E-state index contributed by atoms with van der Waals surface area (Å²) in [6.07, 6.45) is 3.08. The molecular weight excluding hydrogens is 451 g/mol. The van der Waals surface area contributed by atoms with Crippen molar-refractivity contribution in [3.63, 3.8) is 0 Å². The van der Waals surface area contributed by atoms with Gasteiger partial charge < -0.3 is 15.4 Å². The monoisotopic (exact) mass is 472 g/mol. The van der Waals surface area contributed by atoms with Gasteiger partial charge in [-0.15, -0.1) is 5.10 Å². The van der Waals surface area contributed by atoms with E-state index in [0.717, 1.165) is 22.0 Å². The predicted octanol–water partition coefficient (Wildman–Crippen LogP) is 3.60. The van der Waals surface area contributed by atoms with Crippen molar-refractivity contribution in [2.24, 2.45) is 15.8 Å². The molecule has 0 amide bonds. The van der Waals surface area contributed by atoms with E-state index in [4.69, 9.17) is 15.3 Å². The van der Waals surface area contributed by atoms with Crippen LogP contribution in [0.4, 0.5) is 4.39 Å². The maximum absolute atomic E-state index is 14.1. The molecule has 0 bridgehead atoms. The lowest BCUT2D eigenvalue weighted by Crippen LogP contribution is -2.57.